The van der Waals surface area contributed by atoms with Gasteiger partial charge in [0.25, 0.3) is 0 Å². The number of halogens is 2. The zero-order valence-electron chi connectivity index (χ0n) is 5.07. The Hall–Kier alpha value is 0.210. The summed E-state index contributed by atoms with van der Waals surface area (Å²) in [5.41, 5.74) is 0. The Labute approximate surface area is 59.0 Å². The van der Waals surface area contributed by atoms with Gasteiger partial charge in [0.1, 0.15) is 6.17 Å². The molecule has 0 aliphatic heterocycles. The predicted molar refractivity (Wildman–Crippen MR) is 34.8 cm³/mol. The van der Waals surface area contributed by atoms with E-state index in [4.69, 9.17) is 0 Å². The number of rotatable bonds is 0. The van der Waals surface area contributed by atoms with Crippen molar-refractivity contribution in [2.24, 2.45) is 0 Å². The van der Waals surface area contributed by atoms with E-state index in [0.717, 1.165) is 12.8 Å². The van der Waals surface area contributed by atoms with Crippen molar-refractivity contribution < 1.29 is 8.78 Å². The van der Waals surface area contributed by atoms with Gasteiger partial charge in [0.05, 0.1) is 0 Å². The fraction of sp³-hybridized carbons (Fsp3) is 1.00. The first-order valence-electron chi connectivity index (χ1n) is 3.16. The molecule has 0 spiro atoms. The average Bonchev–Trinajstić information content (AvgIpc) is 1.77. The van der Waals surface area contributed by atoms with Crippen molar-refractivity contribution in [1.29, 1.82) is 0 Å². The van der Waals surface area contributed by atoms with Gasteiger partial charge in [-0.15, -0.1) is 0 Å². The zero-order chi connectivity index (χ0) is 6.91. The van der Waals surface area contributed by atoms with Gasteiger partial charge in [-0.1, -0.05) is 6.42 Å². The molecule has 1 radical (unpaired) electrons. The quantitative estimate of drug-likeness (QED) is 0.499. The Kier molecular flexibility index (Phi) is 1.99. The second-order valence-corrected chi connectivity index (χ2v) is 3.18. The molecule has 0 aromatic rings. The molecule has 0 amide bonds. The molecule has 53 valence electrons. The summed E-state index contributed by atoms with van der Waals surface area (Å²) in [7, 11) is 0. The first-order valence-corrected chi connectivity index (χ1v) is 3.57. The van der Waals surface area contributed by atoms with Crippen LogP contribution in [0, 0.1) is 0 Å². The highest BCUT2D eigenvalue weighted by Crippen LogP contribution is 2.36. The first kappa shape index (κ1) is 7.32. The highest BCUT2D eigenvalue weighted by molar-refractivity contribution is 7.81. The van der Waals surface area contributed by atoms with E-state index in [1.807, 2.05) is 0 Å². The Morgan fingerprint density at radius 1 is 1.44 bits per heavy atom. The third-order valence-corrected chi connectivity index (χ3v) is 2.15. The van der Waals surface area contributed by atoms with Crippen LogP contribution in [0.15, 0.2) is 0 Å². The van der Waals surface area contributed by atoms with Gasteiger partial charge in [0, 0.05) is 0 Å². The molecule has 1 aliphatic carbocycles. The van der Waals surface area contributed by atoms with Crippen LogP contribution in [-0.4, -0.2) is 11.2 Å². The summed E-state index contributed by atoms with van der Waals surface area (Å²) in [4.78, 5) is 0. The van der Waals surface area contributed by atoms with E-state index in [1.54, 1.807) is 0 Å². The number of hydrogen-bond donors (Lipinski definition) is 0. The standard InChI is InChI=1S/C6H9F2S/c7-5-3-1-2-4-6(5,8)9/h5H,1-4H2. The van der Waals surface area contributed by atoms with Crippen LogP contribution in [0.4, 0.5) is 8.78 Å². The van der Waals surface area contributed by atoms with E-state index in [2.05, 4.69) is 12.6 Å². The van der Waals surface area contributed by atoms with E-state index >= 15 is 0 Å². The molecule has 1 rings (SSSR count). The van der Waals surface area contributed by atoms with Crippen LogP contribution >= 0.6 is 12.6 Å². The van der Waals surface area contributed by atoms with Gasteiger partial charge in [0.2, 0.25) is 0 Å². The van der Waals surface area contributed by atoms with Crippen molar-refractivity contribution in [1.82, 2.24) is 0 Å². The third-order valence-electron chi connectivity index (χ3n) is 1.69. The minimum Gasteiger partial charge on any atom is -0.243 e. The third kappa shape index (κ3) is 1.57. The van der Waals surface area contributed by atoms with Crippen molar-refractivity contribution >= 4 is 12.6 Å². The molecule has 3 heteroatoms. The molecule has 1 saturated carbocycles. The molecule has 0 saturated heterocycles. The molecule has 9 heavy (non-hydrogen) atoms. The van der Waals surface area contributed by atoms with Gasteiger partial charge in [-0.05, 0) is 31.9 Å². The SMILES string of the molecule is FC1CCCCC1(F)[S]. The highest BCUT2D eigenvalue weighted by atomic mass is 32.1. The van der Waals surface area contributed by atoms with Crippen molar-refractivity contribution in [3.8, 4) is 0 Å². The van der Waals surface area contributed by atoms with Crippen molar-refractivity contribution in [2.75, 3.05) is 0 Å². The van der Waals surface area contributed by atoms with Crippen molar-refractivity contribution in [2.45, 2.75) is 36.9 Å². The van der Waals surface area contributed by atoms with Crippen molar-refractivity contribution in [3.63, 3.8) is 0 Å². The number of alkyl halides is 2. The summed E-state index contributed by atoms with van der Waals surface area (Å²) in [5.74, 6) is 0. The summed E-state index contributed by atoms with van der Waals surface area (Å²) in [5, 5.41) is -1.95. The molecule has 1 aliphatic rings. The fourth-order valence-corrected chi connectivity index (χ4v) is 1.32. The zero-order valence-corrected chi connectivity index (χ0v) is 5.89. The summed E-state index contributed by atoms with van der Waals surface area (Å²) < 4.78 is 25.2. The maximum Gasteiger partial charge on any atom is 0.196 e. The second kappa shape index (κ2) is 2.45. The van der Waals surface area contributed by atoms with Gasteiger partial charge in [-0.3, -0.25) is 0 Å². The molecule has 0 nitrogen and oxygen atoms in total. The Balaban J connectivity index is 2.49. The van der Waals surface area contributed by atoms with Gasteiger partial charge >= 0.3 is 0 Å². The summed E-state index contributed by atoms with van der Waals surface area (Å²) in [6.07, 6.45) is 0.633. The average molecular weight is 151 g/mol. The smallest absolute Gasteiger partial charge is 0.196 e. The highest BCUT2D eigenvalue weighted by Gasteiger charge is 2.38. The monoisotopic (exact) mass is 151 g/mol. The van der Waals surface area contributed by atoms with Crippen LogP contribution in [-0.2, 0) is 0 Å². The lowest BCUT2D eigenvalue weighted by molar-refractivity contribution is 0.0924. The van der Waals surface area contributed by atoms with Crippen LogP contribution in [0.2, 0.25) is 0 Å². The maximum absolute atomic E-state index is 12.7. The summed E-state index contributed by atoms with van der Waals surface area (Å²) >= 11 is 4.38. The van der Waals surface area contributed by atoms with Crippen molar-refractivity contribution in [3.05, 3.63) is 0 Å². The number of hydrogen-bond acceptors (Lipinski definition) is 0. The second-order valence-electron chi connectivity index (χ2n) is 2.50. The van der Waals surface area contributed by atoms with Crippen LogP contribution in [0.1, 0.15) is 25.7 Å². The lowest BCUT2D eigenvalue weighted by Crippen LogP contribution is -2.31. The summed E-state index contributed by atoms with van der Waals surface area (Å²) in [6, 6.07) is 0. The lowest BCUT2D eigenvalue weighted by Gasteiger charge is -2.26. The van der Waals surface area contributed by atoms with Gasteiger partial charge in [0.15, 0.2) is 5.00 Å². The van der Waals surface area contributed by atoms with Gasteiger partial charge in [-0.2, -0.15) is 0 Å². The van der Waals surface area contributed by atoms with Crippen LogP contribution in [0.5, 0.6) is 0 Å². The molecular formula is C6H9F2S. The normalized spacial score (nSPS) is 45.0. The molecule has 2 unspecified atom stereocenters. The first-order chi connectivity index (χ1) is 4.13. The minimum absolute atomic E-state index is 0.212. The molecule has 0 aromatic heterocycles. The fourth-order valence-electron chi connectivity index (χ4n) is 1.06. The Morgan fingerprint density at radius 3 is 2.44 bits per heavy atom. The van der Waals surface area contributed by atoms with E-state index < -0.39 is 11.2 Å². The topological polar surface area (TPSA) is 0 Å². The Bertz CT molecular complexity index is 103. The molecule has 0 aromatic carbocycles. The van der Waals surface area contributed by atoms with E-state index in [0.29, 0.717) is 6.42 Å². The van der Waals surface area contributed by atoms with Gasteiger partial charge in [-0.25, -0.2) is 8.78 Å². The predicted octanol–water partition coefficient (Wildman–Crippen LogP) is 2.76. The van der Waals surface area contributed by atoms with E-state index in [9.17, 15) is 8.78 Å². The molecular weight excluding hydrogens is 142 g/mol. The molecule has 2 atom stereocenters. The van der Waals surface area contributed by atoms with E-state index in [-0.39, 0.29) is 6.42 Å². The maximum atomic E-state index is 12.7. The Morgan fingerprint density at radius 2 is 2.11 bits per heavy atom. The molecule has 0 heterocycles. The van der Waals surface area contributed by atoms with Gasteiger partial charge < -0.3 is 0 Å². The molecule has 0 bridgehead atoms. The largest absolute Gasteiger partial charge is 0.243 e. The van der Waals surface area contributed by atoms with Crippen LogP contribution in [0.3, 0.4) is 0 Å². The molecule has 1 fully saturated rings. The minimum atomic E-state index is -1.95. The molecule has 0 N–H and O–H groups in total. The van der Waals surface area contributed by atoms with Crippen LogP contribution < -0.4 is 0 Å². The lowest BCUT2D eigenvalue weighted by atomic mass is 9.96. The van der Waals surface area contributed by atoms with Crippen LogP contribution in [0.25, 0.3) is 0 Å². The van der Waals surface area contributed by atoms with E-state index in [1.165, 1.54) is 0 Å². The summed E-state index contributed by atoms with van der Waals surface area (Å²) in [6.45, 7) is 0.